The molecule has 14 heavy (non-hydrogen) atoms. The lowest BCUT2D eigenvalue weighted by Crippen LogP contribution is -2.20. The number of nitrogens with zero attached hydrogens (tertiary/aromatic N) is 2. The Kier molecular flexibility index (Phi) is 2.60. The van der Waals surface area contributed by atoms with Gasteiger partial charge in [-0.1, -0.05) is 0 Å². The minimum absolute atomic E-state index is 0.333. The van der Waals surface area contributed by atoms with E-state index in [1.54, 1.807) is 0 Å². The highest BCUT2D eigenvalue weighted by Crippen LogP contribution is 2.18. The van der Waals surface area contributed by atoms with E-state index >= 15 is 0 Å². The fourth-order valence-electron chi connectivity index (χ4n) is 1.67. The average Bonchev–Trinajstić information content (AvgIpc) is 2.18. The first-order valence-corrected chi connectivity index (χ1v) is 4.67. The van der Waals surface area contributed by atoms with Crippen LogP contribution in [-0.4, -0.2) is 23.6 Å². The Bertz CT molecular complexity index is 340. The van der Waals surface area contributed by atoms with E-state index in [4.69, 9.17) is 10.5 Å². The van der Waals surface area contributed by atoms with Gasteiger partial charge in [0, 0.05) is 12.1 Å². The van der Waals surface area contributed by atoms with Gasteiger partial charge in [0.15, 0.2) is 0 Å². The number of rotatable bonds is 2. The van der Waals surface area contributed by atoms with Crippen molar-refractivity contribution in [2.24, 2.45) is 0 Å². The number of hydrogen-bond donors (Lipinski definition) is 2. The molecule has 0 unspecified atom stereocenters. The molecule has 0 bridgehead atoms. The maximum atomic E-state index is 5.61. The van der Waals surface area contributed by atoms with Gasteiger partial charge in [0.05, 0.1) is 24.6 Å². The van der Waals surface area contributed by atoms with Crippen LogP contribution >= 0.6 is 0 Å². The summed E-state index contributed by atoms with van der Waals surface area (Å²) in [5.74, 6) is 0.333. The molecule has 76 valence electrons. The van der Waals surface area contributed by atoms with Gasteiger partial charge in [0.25, 0.3) is 0 Å². The molecule has 0 fully saturated rings. The van der Waals surface area contributed by atoms with Gasteiger partial charge < -0.3 is 15.8 Å². The number of nitrogen functional groups attached to an aromatic ring is 1. The van der Waals surface area contributed by atoms with Gasteiger partial charge >= 0.3 is 0 Å². The van der Waals surface area contributed by atoms with Crippen LogP contribution in [0, 0.1) is 0 Å². The first-order chi connectivity index (χ1) is 6.81. The minimum Gasteiger partial charge on any atom is -0.375 e. The van der Waals surface area contributed by atoms with Crippen molar-refractivity contribution in [1.82, 2.24) is 15.3 Å². The molecule has 2 heterocycles. The summed E-state index contributed by atoms with van der Waals surface area (Å²) in [7, 11) is 1.89. The standard InChI is InChI=1S/C9H14N4O/c1-11-4-7-6-2-3-14-5-8(6)13-9(10)12-7/h11H,2-5H2,1H3,(H2,10,12,13). The van der Waals surface area contributed by atoms with Gasteiger partial charge in [0.1, 0.15) is 0 Å². The molecular weight excluding hydrogens is 180 g/mol. The molecule has 0 amide bonds. The molecule has 0 saturated carbocycles. The molecule has 0 aromatic carbocycles. The third kappa shape index (κ3) is 1.69. The van der Waals surface area contributed by atoms with E-state index in [1.165, 1.54) is 5.56 Å². The van der Waals surface area contributed by atoms with Gasteiger partial charge in [-0.3, -0.25) is 0 Å². The van der Waals surface area contributed by atoms with Crippen LogP contribution in [0.5, 0.6) is 0 Å². The van der Waals surface area contributed by atoms with Crippen molar-refractivity contribution in [1.29, 1.82) is 0 Å². The molecule has 1 aliphatic rings. The van der Waals surface area contributed by atoms with Gasteiger partial charge in [-0.15, -0.1) is 0 Å². The van der Waals surface area contributed by atoms with E-state index in [2.05, 4.69) is 15.3 Å². The highest BCUT2D eigenvalue weighted by molar-refractivity contribution is 5.32. The molecule has 1 aromatic rings. The van der Waals surface area contributed by atoms with E-state index in [0.717, 1.165) is 31.0 Å². The maximum Gasteiger partial charge on any atom is 0.220 e. The van der Waals surface area contributed by atoms with E-state index in [1.807, 2.05) is 7.05 Å². The number of ether oxygens (including phenoxy) is 1. The van der Waals surface area contributed by atoms with Crippen molar-refractivity contribution >= 4 is 5.95 Å². The maximum absolute atomic E-state index is 5.61. The summed E-state index contributed by atoms with van der Waals surface area (Å²) >= 11 is 0. The van der Waals surface area contributed by atoms with Crippen molar-refractivity contribution < 1.29 is 4.74 Å². The molecular formula is C9H14N4O. The zero-order chi connectivity index (χ0) is 9.97. The lowest BCUT2D eigenvalue weighted by Gasteiger charge is -2.18. The van der Waals surface area contributed by atoms with E-state index in [-0.39, 0.29) is 0 Å². The second kappa shape index (κ2) is 3.89. The van der Waals surface area contributed by atoms with E-state index in [9.17, 15) is 0 Å². The SMILES string of the molecule is CNCc1nc(N)nc2c1CCOC2. The number of nitrogens with one attached hydrogen (secondary N) is 1. The second-order valence-electron chi connectivity index (χ2n) is 3.29. The second-order valence-corrected chi connectivity index (χ2v) is 3.29. The normalized spacial score (nSPS) is 15.2. The van der Waals surface area contributed by atoms with Crippen LogP contribution in [0.1, 0.15) is 17.0 Å². The number of fused-ring (bicyclic) bond motifs is 1. The molecule has 0 atom stereocenters. The Morgan fingerprint density at radius 3 is 3.14 bits per heavy atom. The first kappa shape index (κ1) is 9.36. The quantitative estimate of drug-likeness (QED) is 0.685. The van der Waals surface area contributed by atoms with Gasteiger partial charge in [0.2, 0.25) is 5.95 Å². The Morgan fingerprint density at radius 1 is 1.50 bits per heavy atom. The van der Waals surface area contributed by atoms with Gasteiger partial charge in [-0.2, -0.15) is 0 Å². The molecule has 1 aromatic heterocycles. The summed E-state index contributed by atoms with van der Waals surface area (Å²) < 4.78 is 5.32. The summed E-state index contributed by atoms with van der Waals surface area (Å²) in [4.78, 5) is 8.40. The predicted molar refractivity (Wildman–Crippen MR) is 52.6 cm³/mol. The molecule has 2 rings (SSSR count). The van der Waals surface area contributed by atoms with Crippen LogP contribution in [0.2, 0.25) is 0 Å². The predicted octanol–water partition coefficient (Wildman–Crippen LogP) is -0.149. The topological polar surface area (TPSA) is 73.1 Å². The van der Waals surface area contributed by atoms with Crippen molar-refractivity contribution in [3.05, 3.63) is 17.0 Å². The third-order valence-corrected chi connectivity index (χ3v) is 2.28. The van der Waals surface area contributed by atoms with E-state index < -0.39 is 0 Å². The fourth-order valence-corrected chi connectivity index (χ4v) is 1.67. The van der Waals surface area contributed by atoms with Crippen LogP contribution in [0.4, 0.5) is 5.95 Å². The molecule has 3 N–H and O–H groups in total. The third-order valence-electron chi connectivity index (χ3n) is 2.28. The lowest BCUT2D eigenvalue weighted by molar-refractivity contribution is 0.107. The first-order valence-electron chi connectivity index (χ1n) is 4.67. The number of aromatic nitrogens is 2. The Morgan fingerprint density at radius 2 is 2.36 bits per heavy atom. The van der Waals surface area contributed by atoms with Crippen LogP contribution in [0.25, 0.3) is 0 Å². The number of nitrogens with two attached hydrogens (primary N) is 1. The monoisotopic (exact) mass is 194 g/mol. The molecule has 0 saturated heterocycles. The largest absolute Gasteiger partial charge is 0.375 e. The Labute approximate surface area is 82.7 Å². The van der Waals surface area contributed by atoms with Crippen LogP contribution in [0.15, 0.2) is 0 Å². The van der Waals surface area contributed by atoms with E-state index in [0.29, 0.717) is 12.6 Å². The highest BCUT2D eigenvalue weighted by atomic mass is 16.5. The Hall–Kier alpha value is -1.20. The van der Waals surface area contributed by atoms with Gasteiger partial charge in [-0.25, -0.2) is 9.97 Å². The van der Waals surface area contributed by atoms with Crippen molar-refractivity contribution in [3.63, 3.8) is 0 Å². The number of hydrogen-bond acceptors (Lipinski definition) is 5. The van der Waals surface area contributed by atoms with Crippen molar-refractivity contribution in [2.75, 3.05) is 19.4 Å². The molecule has 1 aliphatic heterocycles. The average molecular weight is 194 g/mol. The molecule has 0 aliphatic carbocycles. The summed E-state index contributed by atoms with van der Waals surface area (Å²) in [6, 6.07) is 0. The Balaban J connectivity index is 2.41. The minimum atomic E-state index is 0.333. The van der Waals surface area contributed by atoms with Gasteiger partial charge in [-0.05, 0) is 13.5 Å². The summed E-state index contributed by atoms with van der Waals surface area (Å²) in [5.41, 5.74) is 8.74. The zero-order valence-electron chi connectivity index (χ0n) is 8.21. The van der Waals surface area contributed by atoms with Crippen molar-refractivity contribution in [3.8, 4) is 0 Å². The number of anilines is 1. The lowest BCUT2D eigenvalue weighted by atomic mass is 10.1. The van der Waals surface area contributed by atoms with Crippen LogP contribution in [0.3, 0.4) is 0 Å². The van der Waals surface area contributed by atoms with Crippen molar-refractivity contribution in [2.45, 2.75) is 19.6 Å². The molecule has 0 spiro atoms. The summed E-state index contributed by atoms with van der Waals surface area (Å²) in [6.45, 7) is 2.03. The fraction of sp³-hybridized carbons (Fsp3) is 0.556. The zero-order valence-corrected chi connectivity index (χ0v) is 8.21. The summed E-state index contributed by atoms with van der Waals surface area (Å²) in [5, 5.41) is 3.07. The summed E-state index contributed by atoms with van der Waals surface area (Å²) in [6.07, 6.45) is 0.882. The van der Waals surface area contributed by atoms with Crippen LogP contribution in [-0.2, 0) is 24.3 Å². The highest BCUT2D eigenvalue weighted by Gasteiger charge is 2.16. The molecule has 5 nitrogen and oxygen atoms in total. The molecule has 5 heteroatoms. The smallest absolute Gasteiger partial charge is 0.220 e. The molecule has 0 radical (unpaired) electrons. The van der Waals surface area contributed by atoms with Crippen LogP contribution < -0.4 is 11.1 Å².